The van der Waals surface area contributed by atoms with E-state index in [9.17, 15) is 0 Å². The normalized spacial score (nSPS) is 33.2. The summed E-state index contributed by atoms with van der Waals surface area (Å²) in [4.78, 5) is 0. The molecule has 0 heterocycles. The molecule has 0 saturated carbocycles. The Kier molecular flexibility index (Phi) is 2.03. The summed E-state index contributed by atoms with van der Waals surface area (Å²) in [6.45, 7) is 0.225. The Hall–Kier alpha value is -0.600. The molecule has 0 radical (unpaired) electrons. The molecule has 2 nitrogen and oxygen atoms in total. The van der Waals surface area contributed by atoms with Gasteiger partial charge in [0.1, 0.15) is 0 Å². The van der Waals surface area contributed by atoms with Crippen LogP contribution < -0.4 is 0 Å². The third-order valence-electron chi connectivity index (χ3n) is 3.01. The van der Waals surface area contributed by atoms with Gasteiger partial charge in [-0.15, -0.1) is 0 Å². The molecule has 2 N–H and O–H groups in total. The van der Waals surface area contributed by atoms with Crippen LogP contribution in [0.25, 0.3) is 0 Å². The van der Waals surface area contributed by atoms with E-state index in [1.165, 1.54) is 0 Å². The predicted molar refractivity (Wildman–Crippen MR) is 46.6 cm³/mol. The van der Waals surface area contributed by atoms with E-state index in [4.69, 9.17) is 10.2 Å². The van der Waals surface area contributed by atoms with Crippen molar-refractivity contribution < 1.29 is 10.2 Å². The Morgan fingerprint density at radius 2 is 1.42 bits per heavy atom. The Morgan fingerprint density at radius 3 is 1.67 bits per heavy atom. The fourth-order valence-corrected chi connectivity index (χ4v) is 2.31. The lowest BCUT2D eigenvalue weighted by Crippen LogP contribution is -2.25. The van der Waals surface area contributed by atoms with Gasteiger partial charge in [0.15, 0.2) is 0 Å². The van der Waals surface area contributed by atoms with E-state index >= 15 is 0 Å². The van der Waals surface area contributed by atoms with E-state index in [0.717, 1.165) is 24.0 Å². The second-order valence-electron chi connectivity index (χ2n) is 3.54. The van der Waals surface area contributed by atoms with Crippen LogP contribution in [0.2, 0.25) is 0 Å². The average Bonchev–Trinajstić information content (AvgIpc) is 2.18. The molecule has 3 aliphatic rings. The third-order valence-corrected chi connectivity index (χ3v) is 3.01. The molecule has 3 rings (SSSR count). The number of aliphatic hydroxyl groups is 2. The third kappa shape index (κ3) is 1.03. The molecule has 0 unspecified atom stereocenters. The van der Waals surface area contributed by atoms with Gasteiger partial charge in [0.2, 0.25) is 0 Å². The van der Waals surface area contributed by atoms with Gasteiger partial charge in [-0.1, -0.05) is 12.2 Å². The molecule has 2 heteroatoms. The van der Waals surface area contributed by atoms with Crippen LogP contribution in [0.15, 0.2) is 23.3 Å². The molecule has 0 aromatic heterocycles. The van der Waals surface area contributed by atoms with Crippen LogP contribution in [0.3, 0.4) is 0 Å². The first kappa shape index (κ1) is 8.02. The molecular weight excluding hydrogens is 152 g/mol. The van der Waals surface area contributed by atoms with Gasteiger partial charge in [0, 0.05) is 11.8 Å². The van der Waals surface area contributed by atoms with Crippen molar-refractivity contribution in [1.29, 1.82) is 0 Å². The van der Waals surface area contributed by atoms with Gasteiger partial charge >= 0.3 is 0 Å². The lowest BCUT2D eigenvalue weighted by molar-refractivity contribution is 0.272. The highest BCUT2D eigenvalue weighted by atomic mass is 16.3. The number of fused-ring (bicyclic) bond motifs is 1. The van der Waals surface area contributed by atoms with E-state index < -0.39 is 0 Å². The van der Waals surface area contributed by atoms with Crippen molar-refractivity contribution in [3.8, 4) is 0 Å². The maximum absolute atomic E-state index is 9.11. The Morgan fingerprint density at radius 1 is 1.00 bits per heavy atom. The van der Waals surface area contributed by atoms with Gasteiger partial charge in [-0.3, -0.25) is 0 Å². The first-order chi connectivity index (χ1) is 5.86. The van der Waals surface area contributed by atoms with Gasteiger partial charge < -0.3 is 10.2 Å². The topological polar surface area (TPSA) is 40.5 Å². The van der Waals surface area contributed by atoms with Gasteiger partial charge in [-0.2, -0.15) is 0 Å². The molecule has 0 saturated heterocycles. The molecule has 0 spiro atoms. The molecule has 0 amide bonds. The van der Waals surface area contributed by atoms with E-state index in [0.29, 0.717) is 11.8 Å². The van der Waals surface area contributed by atoms with Crippen molar-refractivity contribution in [3.63, 3.8) is 0 Å². The molecular formula is C10H14O2. The monoisotopic (exact) mass is 166 g/mol. The molecule has 2 atom stereocenters. The highest BCUT2D eigenvalue weighted by molar-refractivity contribution is 5.34. The van der Waals surface area contributed by atoms with Crippen molar-refractivity contribution in [2.24, 2.45) is 11.8 Å². The van der Waals surface area contributed by atoms with Crippen molar-refractivity contribution in [1.82, 2.24) is 0 Å². The van der Waals surface area contributed by atoms with Crippen LogP contribution in [0.1, 0.15) is 12.8 Å². The van der Waals surface area contributed by atoms with Crippen molar-refractivity contribution in [2.75, 3.05) is 13.2 Å². The maximum Gasteiger partial charge on any atom is 0.0651 e. The molecule has 0 fully saturated rings. The number of aliphatic hydroxyl groups excluding tert-OH is 2. The van der Waals surface area contributed by atoms with E-state index in [2.05, 4.69) is 12.2 Å². The molecule has 2 bridgehead atoms. The first-order valence-electron chi connectivity index (χ1n) is 4.48. The average molecular weight is 166 g/mol. The van der Waals surface area contributed by atoms with Crippen LogP contribution in [-0.2, 0) is 0 Å². The summed E-state index contributed by atoms with van der Waals surface area (Å²) in [5.41, 5.74) is 2.13. The van der Waals surface area contributed by atoms with Crippen LogP contribution in [-0.4, -0.2) is 23.4 Å². The zero-order chi connectivity index (χ0) is 8.55. The van der Waals surface area contributed by atoms with Crippen LogP contribution in [0.4, 0.5) is 0 Å². The smallest absolute Gasteiger partial charge is 0.0651 e. The lowest BCUT2D eigenvalue weighted by Gasteiger charge is -2.34. The molecule has 0 aromatic carbocycles. The van der Waals surface area contributed by atoms with Crippen LogP contribution in [0, 0.1) is 11.8 Å². The second-order valence-corrected chi connectivity index (χ2v) is 3.54. The highest BCUT2D eigenvalue weighted by Crippen LogP contribution is 2.40. The summed E-state index contributed by atoms with van der Waals surface area (Å²) in [6.07, 6.45) is 6.61. The SMILES string of the molecule is OCC1=C(CO)[C@H]2C=C[C@@H]1CC2. The van der Waals surface area contributed by atoms with Gasteiger partial charge in [0.25, 0.3) is 0 Å². The minimum absolute atomic E-state index is 0.113. The van der Waals surface area contributed by atoms with Crippen LogP contribution in [0.5, 0.6) is 0 Å². The van der Waals surface area contributed by atoms with Crippen molar-refractivity contribution in [3.05, 3.63) is 23.3 Å². The Balaban J connectivity index is 2.34. The Bertz CT molecular complexity index is 216. The molecule has 12 heavy (non-hydrogen) atoms. The fraction of sp³-hybridized carbons (Fsp3) is 0.600. The molecule has 0 aliphatic heterocycles. The van der Waals surface area contributed by atoms with Crippen molar-refractivity contribution >= 4 is 0 Å². The van der Waals surface area contributed by atoms with E-state index in [1.54, 1.807) is 0 Å². The second kappa shape index (κ2) is 3.04. The zero-order valence-corrected chi connectivity index (χ0v) is 7.03. The Labute approximate surface area is 72.2 Å². The molecule has 0 aromatic rings. The van der Waals surface area contributed by atoms with Crippen LogP contribution >= 0.6 is 0 Å². The number of hydrogen-bond acceptors (Lipinski definition) is 2. The first-order valence-corrected chi connectivity index (χ1v) is 4.48. The van der Waals surface area contributed by atoms with Gasteiger partial charge in [-0.05, 0) is 24.0 Å². The fourth-order valence-electron chi connectivity index (χ4n) is 2.31. The number of allylic oxidation sites excluding steroid dienone is 2. The lowest BCUT2D eigenvalue weighted by atomic mass is 9.72. The highest BCUT2D eigenvalue weighted by Gasteiger charge is 2.29. The summed E-state index contributed by atoms with van der Waals surface area (Å²) >= 11 is 0. The standard InChI is InChI=1S/C10H14O2/c11-5-9-7-1-2-8(4-3-7)10(9)6-12/h1-2,7-8,11-12H,3-6H2/t7-,8+. The quantitative estimate of drug-likeness (QED) is 0.597. The van der Waals surface area contributed by atoms with E-state index in [-0.39, 0.29) is 13.2 Å². The minimum Gasteiger partial charge on any atom is -0.392 e. The molecule has 3 aliphatic carbocycles. The summed E-state index contributed by atoms with van der Waals surface area (Å²) in [7, 11) is 0. The molecule has 66 valence electrons. The van der Waals surface area contributed by atoms with Crippen molar-refractivity contribution in [2.45, 2.75) is 12.8 Å². The van der Waals surface area contributed by atoms with E-state index in [1.807, 2.05) is 0 Å². The predicted octanol–water partition coefficient (Wildman–Crippen LogP) is 0.864. The summed E-state index contributed by atoms with van der Waals surface area (Å²) in [6, 6.07) is 0. The van der Waals surface area contributed by atoms with Gasteiger partial charge in [0.05, 0.1) is 13.2 Å². The minimum atomic E-state index is 0.113. The largest absolute Gasteiger partial charge is 0.392 e. The number of hydrogen-bond donors (Lipinski definition) is 2. The maximum atomic E-state index is 9.11. The zero-order valence-electron chi connectivity index (χ0n) is 7.03. The number of rotatable bonds is 2. The summed E-state index contributed by atoms with van der Waals surface area (Å²) < 4.78 is 0. The summed E-state index contributed by atoms with van der Waals surface area (Å²) in [5.74, 6) is 0.810. The summed E-state index contributed by atoms with van der Waals surface area (Å²) in [5, 5.41) is 18.2. The van der Waals surface area contributed by atoms with Gasteiger partial charge in [-0.25, -0.2) is 0 Å².